The highest BCUT2D eigenvalue weighted by Crippen LogP contribution is 2.26. The Labute approximate surface area is 160 Å². The first-order valence-corrected chi connectivity index (χ1v) is 10.4. The molecule has 0 aliphatic carbocycles. The summed E-state index contributed by atoms with van der Waals surface area (Å²) in [6.45, 7) is 2.48. The number of hydrogen-bond acceptors (Lipinski definition) is 4. The molecule has 0 bridgehead atoms. The molecule has 0 radical (unpaired) electrons. The largest absolute Gasteiger partial charge is 0.495 e. The number of nitrogens with zero attached hydrogens (tertiary/aromatic N) is 1. The number of ether oxygens (including phenoxy) is 1. The number of para-hydroxylation sites is 2. The van der Waals surface area contributed by atoms with E-state index in [2.05, 4.69) is 5.32 Å². The van der Waals surface area contributed by atoms with Crippen LogP contribution in [0.1, 0.15) is 36.5 Å². The lowest BCUT2D eigenvalue weighted by molar-refractivity contribution is 0.102. The number of carbonyl (C=O) groups is 1. The molecule has 1 N–H and O–H groups in total. The molecule has 144 valence electrons. The fourth-order valence-electron chi connectivity index (χ4n) is 3.28. The molecular weight excluding hydrogens is 364 g/mol. The molecule has 1 aliphatic heterocycles. The maximum absolute atomic E-state index is 12.9. The van der Waals surface area contributed by atoms with Crippen LogP contribution in [0.2, 0.25) is 0 Å². The van der Waals surface area contributed by atoms with Crippen molar-refractivity contribution in [3.63, 3.8) is 0 Å². The Morgan fingerprint density at radius 1 is 1.11 bits per heavy atom. The zero-order valence-electron chi connectivity index (χ0n) is 15.5. The first kappa shape index (κ1) is 19.4. The number of sulfonamides is 1. The van der Waals surface area contributed by atoms with Crippen LogP contribution in [-0.4, -0.2) is 38.3 Å². The predicted molar refractivity (Wildman–Crippen MR) is 105 cm³/mol. The molecule has 0 unspecified atom stereocenters. The summed E-state index contributed by atoms with van der Waals surface area (Å²) in [6.07, 6.45) is 2.80. The number of carbonyl (C=O) groups excluding carboxylic acids is 1. The second kappa shape index (κ2) is 8.10. The van der Waals surface area contributed by atoms with Gasteiger partial charge in [0, 0.05) is 18.2 Å². The summed E-state index contributed by atoms with van der Waals surface area (Å²) in [5, 5.41) is 2.78. The molecule has 0 spiro atoms. The smallest absolute Gasteiger partial charge is 0.255 e. The number of hydrogen-bond donors (Lipinski definition) is 1. The van der Waals surface area contributed by atoms with Gasteiger partial charge in [-0.1, -0.05) is 18.6 Å². The van der Waals surface area contributed by atoms with Crippen LogP contribution in [-0.2, 0) is 10.0 Å². The number of amides is 1. The van der Waals surface area contributed by atoms with Crippen LogP contribution in [0.15, 0.2) is 53.4 Å². The van der Waals surface area contributed by atoms with Crippen LogP contribution < -0.4 is 10.1 Å². The molecule has 1 amide bonds. The Morgan fingerprint density at radius 2 is 1.81 bits per heavy atom. The van der Waals surface area contributed by atoms with E-state index in [0.717, 1.165) is 19.3 Å². The molecule has 1 aliphatic rings. The molecule has 1 saturated heterocycles. The maximum Gasteiger partial charge on any atom is 0.255 e. The van der Waals surface area contributed by atoms with Crippen molar-refractivity contribution in [2.24, 2.45) is 0 Å². The molecule has 0 saturated carbocycles. The summed E-state index contributed by atoms with van der Waals surface area (Å²) >= 11 is 0. The Morgan fingerprint density at radius 3 is 2.48 bits per heavy atom. The van der Waals surface area contributed by atoms with Gasteiger partial charge in [-0.25, -0.2) is 8.42 Å². The van der Waals surface area contributed by atoms with Crippen LogP contribution in [0.3, 0.4) is 0 Å². The van der Waals surface area contributed by atoms with Gasteiger partial charge in [-0.3, -0.25) is 4.79 Å². The molecule has 1 heterocycles. The molecule has 3 rings (SSSR count). The van der Waals surface area contributed by atoms with Gasteiger partial charge in [0.2, 0.25) is 10.0 Å². The Balaban J connectivity index is 1.77. The van der Waals surface area contributed by atoms with Crippen LogP contribution >= 0.6 is 0 Å². The number of piperidine rings is 1. The normalized spacial score (nSPS) is 18.1. The number of methoxy groups -OCH3 is 1. The van der Waals surface area contributed by atoms with Gasteiger partial charge in [-0.2, -0.15) is 4.31 Å². The highest BCUT2D eigenvalue weighted by Gasteiger charge is 2.30. The molecule has 27 heavy (non-hydrogen) atoms. The van der Waals surface area contributed by atoms with E-state index in [1.54, 1.807) is 22.5 Å². The van der Waals surface area contributed by atoms with Crippen LogP contribution in [0.4, 0.5) is 5.69 Å². The van der Waals surface area contributed by atoms with Gasteiger partial charge in [0.15, 0.2) is 0 Å². The number of rotatable bonds is 5. The zero-order valence-corrected chi connectivity index (χ0v) is 16.3. The summed E-state index contributed by atoms with van der Waals surface area (Å²) in [7, 11) is -2.01. The van der Waals surface area contributed by atoms with Gasteiger partial charge < -0.3 is 10.1 Å². The fourth-order valence-corrected chi connectivity index (χ4v) is 4.98. The van der Waals surface area contributed by atoms with Crippen molar-refractivity contribution in [3.05, 3.63) is 54.1 Å². The van der Waals surface area contributed by atoms with E-state index in [9.17, 15) is 13.2 Å². The van der Waals surface area contributed by atoms with Gasteiger partial charge in [-0.15, -0.1) is 0 Å². The fraction of sp³-hybridized carbons (Fsp3) is 0.350. The quantitative estimate of drug-likeness (QED) is 0.850. The summed E-state index contributed by atoms with van der Waals surface area (Å²) in [5.74, 6) is 0.235. The van der Waals surface area contributed by atoms with Crippen LogP contribution in [0.25, 0.3) is 0 Å². The van der Waals surface area contributed by atoms with Crippen molar-refractivity contribution >= 4 is 21.6 Å². The first-order chi connectivity index (χ1) is 12.9. The summed E-state index contributed by atoms with van der Waals surface area (Å²) in [5.41, 5.74) is 0.940. The van der Waals surface area contributed by atoms with E-state index in [1.807, 2.05) is 13.0 Å². The van der Waals surface area contributed by atoms with Crippen molar-refractivity contribution < 1.29 is 17.9 Å². The van der Waals surface area contributed by atoms with E-state index in [0.29, 0.717) is 23.5 Å². The zero-order chi connectivity index (χ0) is 19.4. The van der Waals surface area contributed by atoms with Gasteiger partial charge in [0.25, 0.3) is 5.91 Å². The Bertz CT molecular complexity index is 910. The van der Waals surface area contributed by atoms with E-state index >= 15 is 0 Å². The average molecular weight is 388 g/mol. The minimum atomic E-state index is -3.54. The Kier molecular flexibility index (Phi) is 5.82. The van der Waals surface area contributed by atoms with Crippen molar-refractivity contribution in [2.75, 3.05) is 19.0 Å². The highest BCUT2D eigenvalue weighted by atomic mass is 32.2. The van der Waals surface area contributed by atoms with Gasteiger partial charge >= 0.3 is 0 Å². The minimum Gasteiger partial charge on any atom is -0.495 e. The van der Waals surface area contributed by atoms with E-state index in [1.165, 1.54) is 31.4 Å². The summed E-state index contributed by atoms with van der Waals surface area (Å²) in [4.78, 5) is 12.7. The standard InChI is InChI=1S/C20H24N2O4S/c1-15-7-5-6-14-22(15)27(24,25)17-12-10-16(11-13-17)20(23)21-18-8-3-4-9-19(18)26-2/h3-4,8-13,15H,5-7,14H2,1-2H3,(H,21,23)/t15-/m1/s1. The number of benzene rings is 2. The molecule has 2 aromatic carbocycles. The SMILES string of the molecule is COc1ccccc1NC(=O)c1ccc(S(=O)(=O)N2CCCC[C@H]2C)cc1. The predicted octanol–water partition coefficient (Wildman–Crippen LogP) is 3.51. The lowest BCUT2D eigenvalue weighted by atomic mass is 10.1. The van der Waals surface area contributed by atoms with Crippen molar-refractivity contribution in [2.45, 2.75) is 37.1 Å². The molecule has 6 nitrogen and oxygen atoms in total. The third-order valence-corrected chi connectivity index (χ3v) is 6.85. The summed E-state index contributed by atoms with van der Waals surface area (Å²) < 4.78 is 32.5. The van der Waals surface area contributed by atoms with Gasteiger partial charge in [-0.05, 0) is 56.2 Å². The molecule has 1 atom stereocenters. The molecule has 0 aromatic heterocycles. The van der Waals surface area contributed by atoms with Crippen molar-refractivity contribution in [1.82, 2.24) is 4.31 Å². The van der Waals surface area contributed by atoms with Crippen LogP contribution in [0.5, 0.6) is 5.75 Å². The second-order valence-corrected chi connectivity index (χ2v) is 8.53. The van der Waals surface area contributed by atoms with Gasteiger partial charge in [0.05, 0.1) is 17.7 Å². The topological polar surface area (TPSA) is 75.7 Å². The van der Waals surface area contributed by atoms with Gasteiger partial charge in [0.1, 0.15) is 5.75 Å². The van der Waals surface area contributed by atoms with E-state index in [4.69, 9.17) is 4.74 Å². The third kappa shape index (κ3) is 4.14. The van der Waals surface area contributed by atoms with Crippen molar-refractivity contribution in [1.29, 1.82) is 0 Å². The minimum absolute atomic E-state index is 0.00253. The first-order valence-electron chi connectivity index (χ1n) is 9.00. The third-order valence-electron chi connectivity index (χ3n) is 4.82. The monoisotopic (exact) mass is 388 g/mol. The lowest BCUT2D eigenvalue weighted by Crippen LogP contribution is -2.41. The number of nitrogens with one attached hydrogen (secondary N) is 1. The van der Waals surface area contributed by atoms with Crippen molar-refractivity contribution in [3.8, 4) is 5.75 Å². The van der Waals surface area contributed by atoms with Crippen LogP contribution in [0, 0.1) is 0 Å². The summed E-state index contributed by atoms with van der Waals surface area (Å²) in [6, 6.07) is 13.2. The molecular formula is C20H24N2O4S. The molecule has 2 aromatic rings. The highest BCUT2D eigenvalue weighted by molar-refractivity contribution is 7.89. The average Bonchev–Trinajstić information content (AvgIpc) is 2.68. The second-order valence-electron chi connectivity index (χ2n) is 6.64. The molecule has 1 fully saturated rings. The number of anilines is 1. The molecule has 7 heteroatoms. The lowest BCUT2D eigenvalue weighted by Gasteiger charge is -2.32. The Hall–Kier alpha value is -2.38. The maximum atomic E-state index is 12.9. The van der Waals surface area contributed by atoms with E-state index < -0.39 is 10.0 Å². The van der Waals surface area contributed by atoms with E-state index in [-0.39, 0.29) is 16.8 Å².